The van der Waals surface area contributed by atoms with Crippen molar-refractivity contribution in [1.82, 2.24) is 0 Å². The van der Waals surface area contributed by atoms with Crippen molar-refractivity contribution in [3.05, 3.63) is 147 Å². The molecule has 0 bridgehead atoms. The molecule has 0 atom stereocenters. The number of allylic oxidation sites excluding steroid dienone is 10. The van der Waals surface area contributed by atoms with Gasteiger partial charge in [0.15, 0.2) is 11.6 Å². The van der Waals surface area contributed by atoms with Crippen LogP contribution in [0.4, 0.5) is 37.7 Å². The van der Waals surface area contributed by atoms with Crippen molar-refractivity contribution in [3.63, 3.8) is 0 Å². The van der Waals surface area contributed by atoms with Crippen LogP contribution in [-0.4, -0.2) is 11.6 Å². The van der Waals surface area contributed by atoms with E-state index >= 15 is 26.3 Å². The van der Waals surface area contributed by atoms with E-state index in [1.807, 2.05) is 83.1 Å². The number of Topliss-reactive ketones (excluding diaryl/α,β-unsaturated/α-hetero) is 2. The molecule has 0 N–H and O–H groups in total. The lowest BCUT2D eigenvalue weighted by Gasteiger charge is -2.31. The second-order valence-corrected chi connectivity index (χ2v) is 24.2. The lowest BCUT2D eigenvalue weighted by atomic mass is 9.71. The fraction of sp³-hybridized carbons (Fsp3) is 0.346. The third-order valence-electron chi connectivity index (χ3n) is 11.1. The average Bonchev–Trinajstić information content (AvgIpc) is 3.93. The zero-order valence-electron chi connectivity index (χ0n) is 39.5. The number of nitrogens with zero attached hydrogens (tertiary/aromatic N) is 4. The SMILES string of the molecule is CC(C)(C)C1=CC(=C(N=Nc2cc(C(F)(F)F)c(-c3cc(Br)c(N=NC(=C4C=C(C(C)(C)C)C(=O)C(C(C)(C)C)=C4)c4cccs4)cc3C(F)(F)F)cc2Br)c2cccs2)C=C(C(C)(C)C)C1=O. The first-order valence-electron chi connectivity index (χ1n) is 21.4. The molecule has 6 rings (SSSR count). The highest BCUT2D eigenvalue weighted by molar-refractivity contribution is 9.11. The number of azo groups is 2. The molecule has 0 fully saturated rings. The number of hydrogen-bond acceptors (Lipinski definition) is 8. The van der Waals surface area contributed by atoms with Crippen LogP contribution in [-0.2, 0) is 21.9 Å². The second kappa shape index (κ2) is 18.9. The van der Waals surface area contributed by atoms with Gasteiger partial charge in [0.2, 0.25) is 0 Å². The zero-order valence-corrected chi connectivity index (χ0v) is 44.3. The smallest absolute Gasteiger partial charge is 0.289 e. The molecule has 0 amide bonds. The normalized spacial score (nSPS) is 15.9. The number of rotatable bonds is 7. The highest BCUT2D eigenvalue weighted by atomic mass is 79.9. The second-order valence-electron chi connectivity index (χ2n) is 20.5. The molecule has 16 heteroatoms. The Morgan fingerprint density at radius 2 is 0.779 bits per heavy atom. The van der Waals surface area contributed by atoms with Crippen molar-refractivity contribution in [3.8, 4) is 11.1 Å². The molecule has 6 nitrogen and oxygen atoms in total. The molecule has 0 radical (unpaired) electrons. The van der Waals surface area contributed by atoms with E-state index in [0.29, 0.717) is 66.7 Å². The Kier molecular flexibility index (Phi) is 14.7. The molecule has 0 spiro atoms. The van der Waals surface area contributed by atoms with E-state index in [4.69, 9.17) is 0 Å². The Hall–Kier alpha value is -4.64. The molecule has 0 unspecified atom stereocenters. The third-order valence-corrected chi connectivity index (χ3v) is 14.1. The molecule has 2 aromatic carbocycles. The summed E-state index contributed by atoms with van der Waals surface area (Å²) in [6.45, 7) is 22.9. The Balaban J connectivity index is 1.52. The van der Waals surface area contributed by atoms with Crippen LogP contribution in [0.3, 0.4) is 0 Å². The van der Waals surface area contributed by atoms with Crippen LogP contribution in [0.5, 0.6) is 0 Å². The van der Waals surface area contributed by atoms with Gasteiger partial charge >= 0.3 is 12.4 Å². The van der Waals surface area contributed by atoms with Crippen LogP contribution in [0, 0.1) is 21.7 Å². The van der Waals surface area contributed by atoms with Crippen molar-refractivity contribution >= 4 is 88.9 Å². The highest BCUT2D eigenvalue weighted by Crippen LogP contribution is 2.50. The quantitative estimate of drug-likeness (QED) is 0.136. The number of halogens is 8. The molecule has 0 saturated carbocycles. The minimum atomic E-state index is -5.15. The first-order chi connectivity index (χ1) is 31.2. The number of thiophene rings is 2. The number of carbonyl (C=O) groups excluding carboxylic acids is 2. The molecule has 2 heterocycles. The van der Waals surface area contributed by atoms with Gasteiger partial charge in [-0.25, -0.2) is 0 Å². The topological polar surface area (TPSA) is 83.6 Å². The summed E-state index contributed by atoms with van der Waals surface area (Å²) in [6.07, 6.45) is -3.40. The zero-order chi connectivity index (χ0) is 50.7. The van der Waals surface area contributed by atoms with Gasteiger partial charge in [0.25, 0.3) is 0 Å². The van der Waals surface area contributed by atoms with E-state index in [0.717, 1.165) is 12.1 Å². The van der Waals surface area contributed by atoms with Crippen LogP contribution in [0.1, 0.15) is 104 Å². The van der Waals surface area contributed by atoms with Gasteiger partial charge in [-0.3, -0.25) is 9.59 Å². The van der Waals surface area contributed by atoms with Crippen molar-refractivity contribution in [1.29, 1.82) is 0 Å². The third kappa shape index (κ3) is 11.5. The number of hydrogen-bond donors (Lipinski definition) is 0. The molecule has 4 aromatic rings. The number of ketones is 2. The summed E-state index contributed by atoms with van der Waals surface area (Å²) in [6, 6.07) is 10.3. The molecule has 2 aromatic heterocycles. The number of alkyl halides is 6. The van der Waals surface area contributed by atoms with Crippen LogP contribution >= 0.6 is 54.5 Å². The lowest BCUT2D eigenvalue weighted by Crippen LogP contribution is -2.28. The van der Waals surface area contributed by atoms with Gasteiger partial charge in [-0.2, -0.15) is 26.3 Å². The van der Waals surface area contributed by atoms with E-state index in [1.54, 1.807) is 59.3 Å². The molecule has 2 aliphatic carbocycles. The summed E-state index contributed by atoms with van der Waals surface area (Å²) < 4.78 is 90.8. The van der Waals surface area contributed by atoms with Crippen molar-refractivity contribution in [2.45, 2.75) is 95.4 Å². The largest absolute Gasteiger partial charge is 0.417 e. The maximum absolute atomic E-state index is 15.2. The molecular weight excluding hydrogens is 1050 g/mol. The van der Waals surface area contributed by atoms with Gasteiger partial charge < -0.3 is 0 Å². The Morgan fingerprint density at radius 3 is 1.01 bits per heavy atom. The van der Waals surface area contributed by atoms with E-state index in [-0.39, 0.29) is 31.9 Å². The number of benzene rings is 2. The van der Waals surface area contributed by atoms with Gasteiger partial charge in [0.05, 0.1) is 20.9 Å². The lowest BCUT2D eigenvalue weighted by molar-refractivity contribution is -0.139. The van der Waals surface area contributed by atoms with Crippen LogP contribution < -0.4 is 0 Å². The van der Waals surface area contributed by atoms with E-state index in [2.05, 4.69) is 52.3 Å². The predicted octanol–water partition coefficient (Wildman–Crippen LogP) is 19.1. The van der Waals surface area contributed by atoms with E-state index in [1.165, 1.54) is 22.7 Å². The average molecular weight is 1100 g/mol. The maximum Gasteiger partial charge on any atom is 0.417 e. The van der Waals surface area contributed by atoms with Crippen LogP contribution in [0.2, 0.25) is 0 Å². The molecular formula is C52H50Br2F6N4O2S2. The summed E-state index contributed by atoms with van der Waals surface area (Å²) in [5.74, 6) is -0.244. The molecule has 0 aliphatic heterocycles. The maximum atomic E-state index is 15.2. The summed E-state index contributed by atoms with van der Waals surface area (Å²) in [5.41, 5.74) is -3.48. The molecule has 2 aliphatic rings. The molecule has 68 heavy (non-hydrogen) atoms. The Morgan fingerprint density at radius 1 is 0.485 bits per heavy atom. The first-order valence-corrected chi connectivity index (χ1v) is 24.7. The summed E-state index contributed by atoms with van der Waals surface area (Å²) in [5, 5.41) is 21.1. The summed E-state index contributed by atoms with van der Waals surface area (Å²) in [7, 11) is 0. The first kappa shape index (κ1) is 52.7. The standard InChI is InChI=1S/C52H50Br2F6N4O2S2/c1-47(2,3)33-19-27(20-34(45(33)65)48(4,5)6)43(41-15-13-17-67-41)63-61-39-25-31(51(55,56)57)29(23-37(39)53)30-24-38(54)40(26-32(30)52(58,59)60)62-64-44(42-16-14-18-68-42)28-21-35(49(7,8)9)46(66)36(22-28)50(10,11)12/h13-26H,1-12H3. The highest BCUT2D eigenvalue weighted by Gasteiger charge is 2.41. The van der Waals surface area contributed by atoms with Crippen molar-refractivity contribution in [2.75, 3.05) is 0 Å². The van der Waals surface area contributed by atoms with E-state index < -0.39 is 56.3 Å². The molecule has 358 valence electrons. The molecule has 0 saturated heterocycles. The Bertz CT molecular complexity index is 2670. The Labute approximate surface area is 417 Å². The van der Waals surface area contributed by atoms with Crippen molar-refractivity contribution in [2.24, 2.45) is 42.1 Å². The van der Waals surface area contributed by atoms with Crippen molar-refractivity contribution < 1.29 is 35.9 Å². The van der Waals surface area contributed by atoms with Gasteiger partial charge in [-0.05, 0) is 136 Å². The van der Waals surface area contributed by atoms with Gasteiger partial charge in [-0.15, -0.1) is 43.1 Å². The summed E-state index contributed by atoms with van der Waals surface area (Å²) in [4.78, 5) is 28.7. The van der Waals surface area contributed by atoms with Gasteiger partial charge in [0, 0.05) is 42.4 Å². The fourth-order valence-electron chi connectivity index (χ4n) is 7.48. The van der Waals surface area contributed by atoms with E-state index in [9.17, 15) is 9.59 Å². The predicted molar refractivity (Wildman–Crippen MR) is 269 cm³/mol. The fourth-order valence-corrected chi connectivity index (χ4v) is 9.79. The van der Waals surface area contributed by atoms with Gasteiger partial charge in [-0.1, -0.05) is 95.2 Å². The van der Waals surface area contributed by atoms with Crippen LogP contribution in [0.25, 0.3) is 22.5 Å². The minimum absolute atomic E-state index is 0.0630. The van der Waals surface area contributed by atoms with Crippen LogP contribution in [0.15, 0.2) is 146 Å². The number of carbonyl (C=O) groups is 2. The van der Waals surface area contributed by atoms with Gasteiger partial charge in [0.1, 0.15) is 22.8 Å². The minimum Gasteiger partial charge on any atom is -0.289 e. The monoisotopic (exact) mass is 1100 g/mol. The summed E-state index contributed by atoms with van der Waals surface area (Å²) >= 11 is 9.23.